The van der Waals surface area contributed by atoms with Crippen LogP contribution in [0.5, 0.6) is 11.5 Å². The van der Waals surface area contributed by atoms with Crippen LogP contribution in [-0.2, 0) is 15.3 Å². The maximum atomic E-state index is 13.2. The maximum Gasteiger partial charge on any atom is 0.266 e. The number of carbonyl (C=O) groups excluding carboxylic acids is 2. The van der Waals surface area contributed by atoms with Crippen molar-refractivity contribution in [1.29, 1.82) is 0 Å². The summed E-state index contributed by atoms with van der Waals surface area (Å²) in [6.07, 6.45) is 7.63. The van der Waals surface area contributed by atoms with Gasteiger partial charge in [0.25, 0.3) is 11.1 Å². The fourth-order valence-corrected chi connectivity index (χ4v) is 7.56. The van der Waals surface area contributed by atoms with Gasteiger partial charge in [0, 0.05) is 0 Å². The molecule has 3 heterocycles. The number of hydrogen-bond acceptors (Lipinski definition) is 12. The quantitative estimate of drug-likeness (QED) is 0.114. The van der Waals surface area contributed by atoms with Crippen molar-refractivity contribution in [1.82, 2.24) is 20.1 Å². The van der Waals surface area contributed by atoms with E-state index in [1.165, 1.54) is 47.3 Å². The second kappa shape index (κ2) is 13.5. The minimum Gasteiger partial charge on any atom is -0.493 e. The van der Waals surface area contributed by atoms with Crippen LogP contribution in [0.3, 0.4) is 0 Å². The Hall–Kier alpha value is -3.46. The minimum absolute atomic E-state index is 0.196. The molecule has 4 aromatic rings. The summed E-state index contributed by atoms with van der Waals surface area (Å²) in [4.78, 5) is 32.1. The lowest BCUT2D eigenvalue weighted by atomic mass is 9.98. The van der Waals surface area contributed by atoms with Gasteiger partial charge in [-0.25, -0.2) is 4.98 Å². The zero-order chi connectivity index (χ0) is 29.8. The van der Waals surface area contributed by atoms with Gasteiger partial charge in [0.05, 0.1) is 23.9 Å². The zero-order valence-corrected chi connectivity index (χ0v) is 26.4. The van der Waals surface area contributed by atoms with E-state index < -0.39 is 5.91 Å². The Balaban J connectivity index is 1.03. The molecule has 6 rings (SSSR count). The van der Waals surface area contributed by atoms with Gasteiger partial charge in [-0.15, -0.1) is 10.2 Å². The van der Waals surface area contributed by atoms with Crippen molar-refractivity contribution in [3.05, 3.63) is 57.9 Å². The van der Waals surface area contributed by atoms with E-state index in [9.17, 15) is 9.59 Å². The van der Waals surface area contributed by atoms with E-state index in [4.69, 9.17) is 26.1 Å². The Kier molecular flexibility index (Phi) is 9.26. The molecule has 0 unspecified atom stereocenters. The van der Waals surface area contributed by atoms with Gasteiger partial charge in [0.2, 0.25) is 11.0 Å². The molecule has 1 N–H and O–H groups in total. The smallest absolute Gasteiger partial charge is 0.266 e. The van der Waals surface area contributed by atoms with Crippen LogP contribution in [0.1, 0.15) is 42.7 Å². The van der Waals surface area contributed by atoms with E-state index >= 15 is 0 Å². The monoisotopic (exact) mass is 653 g/mol. The lowest BCUT2D eigenvalue weighted by molar-refractivity contribution is -0.126. The topological polar surface area (TPSA) is 120 Å². The highest BCUT2D eigenvalue weighted by Gasteiger charge is 2.33. The first-order chi connectivity index (χ1) is 20.9. The Morgan fingerprint density at radius 2 is 2.02 bits per heavy atom. The molecule has 1 saturated carbocycles. The van der Waals surface area contributed by atoms with Crippen LogP contribution in [0, 0.1) is 0 Å². The predicted octanol–water partition coefficient (Wildman–Crippen LogP) is 6.53. The lowest BCUT2D eigenvalue weighted by Crippen LogP contribution is -2.36. The number of fused-ring (bicyclic) bond motifs is 1. The number of aromatic nitrogens is 3. The maximum absolute atomic E-state index is 13.2. The van der Waals surface area contributed by atoms with Gasteiger partial charge in [-0.3, -0.25) is 19.8 Å². The SMILES string of the molecule is COc1cc(/C=C2\SC(=S)N(CC(=O)Nc3nnc(CSc4nc5ccccc5o4)s3)C2=O)ccc1OC1CCCCC1. The first-order valence-electron chi connectivity index (χ1n) is 13.7. The van der Waals surface area contributed by atoms with E-state index in [1.807, 2.05) is 42.5 Å². The molecule has 2 aliphatic rings. The molecule has 1 aliphatic carbocycles. The van der Waals surface area contributed by atoms with E-state index in [2.05, 4.69) is 20.5 Å². The number of thiocarbonyl (C=S) groups is 1. The number of amides is 2. The van der Waals surface area contributed by atoms with Gasteiger partial charge in [-0.1, -0.05) is 71.7 Å². The average Bonchev–Trinajstić information content (AvgIpc) is 3.71. The molecule has 14 heteroatoms. The van der Waals surface area contributed by atoms with Gasteiger partial charge in [0.15, 0.2) is 17.1 Å². The molecular formula is C29H27N5O5S4. The number of carbonyl (C=O) groups is 2. The molecule has 2 amide bonds. The van der Waals surface area contributed by atoms with Crippen LogP contribution >= 0.6 is 47.1 Å². The highest BCUT2D eigenvalue weighted by molar-refractivity contribution is 8.26. The predicted molar refractivity (Wildman–Crippen MR) is 172 cm³/mol. The number of para-hydroxylation sites is 2. The standard InChI is InChI=1S/C29H27N5O5S4/c1-37-22-13-17(11-12-21(22)38-18-7-3-2-4-8-18)14-23-26(36)34(29(40)42-23)15-24(35)31-27-33-32-25(43-27)16-41-28-30-19-9-5-6-10-20(19)39-28/h5-6,9-14,18H,2-4,7-8,15-16H2,1H3,(H,31,33,35)/b23-14-. The molecule has 1 saturated heterocycles. The Morgan fingerprint density at radius 3 is 2.84 bits per heavy atom. The second-order valence-electron chi connectivity index (χ2n) is 9.84. The summed E-state index contributed by atoms with van der Waals surface area (Å²) < 4.78 is 17.8. The summed E-state index contributed by atoms with van der Waals surface area (Å²) in [5, 5.41) is 12.5. The van der Waals surface area contributed by atoms with Crippen LogP contribution in [0.2, 0.25) is 0 Å². The highest BCUT2D eigenvalue weighted by Crippen LogP contribution is 2.36. The van der Waals surface area contributed by atoms with Crippen LogP contribution in [-0.4, -0.2) is 56.0 Å². The molecule has 10 nitrogen and oxygen atoms in total. The van der Waals surface area contributed by atoms with E-state index in [-0.39, 0.29) is 18.6 Å². The first kappa shape index (κ1) is 29.6. The Bertz CT molecular complexity index is 1660. The molecule has 1 aliphatic heterocycles. The number of nitrogens with one attached hydrogen (secondary N) is 1. The minimum atomic E-state index is -0.419. The lowest BCUT2D eigenvalue weighted by Gasteiger charge is -2.24. The first-order valence-corrected chi connectivity index (χ1v) is 16.7. The van der Waals surface area contributed by atoms with Crippen LogP contribution in [0.25, 0.3) is 17.2 Å². The van der Waals surface area contributed by atoms with E-state index in [1.54, 1.807) is 13.2 Å². The number of nitrogens with zero attached hydrogens (tertiary/aromatic N) is 4. The van der Waals surface area contributed by atoms with Gasteiger partial charge >= 0.3 is 0 Å². The fourth-order valence-electron chi connectivity index (χ4n) is 4.72. The molecule has 2 fully saturated rings. The molecule has 0 atom stereocenters. The van der Waals surface area contributed by atoms with Crippen molar-refractivity contribution in [3.8, 4) is 11.5 Å². The van der Waals surface area contributed by atoms with Crippen LogP contribution in [0.4, 0.5) is 5.13 Å². The Morgan fingerprint density at radius 1 is 1.19 bits per heavy atom. The number of hydrogen-bond donors (Lipinski definition) is 1. The third kappa shape index (κ3) is 7.20. The molecule has 222 valence electrons. The van der Waals surface area contributed by atoms with Crippen LogP contribution in [0.15, 0.2) is 57.0 Å². The van der Waals surface area contributed by atoms with Crippen molar-refractivity contribution in [2.45, 2.75) is 49.2 Å². The average molecular weight is 654 g/mol. The fraction of sp³-hybridized carbons (Fsp3) is 0.310. The third-order valence-electron chi connectivity index (χ3n) is 6.81. The summed E-state index contributed by atoms with van der Waals surface area (Å²) in [5.41, 5.74) is 2.28. The van der Waals surface area contributed by atoms with Crippen molar-refractivity contribution >= 4 is 85.5 Å². The Labute approximate surface area is 265 Å². The van der Waals surface area contributed by atoms with Gasteiger partial charge in [-0.05, 0) is 61.6 Å². The summed E-state index contributed by atoms with van der Waals surface area (Å²) >= 11 is 9.22. The third-order valence-corrected chi connectivity index (χ3v) is 10.1. The number of oxazole rings is 1. The summed E-state index contributed by atoms with van der Waals surface area (Å²) in [6.45, 7) is -0.230. The van der Waals surface area contributed by atoms with Gasteiger partial charge in [0.1, 0.15) is 21.4 Å². The molecule has 2 aromatic carbocycles. The molecule has 0 radical (unpaired) electrons. The largest absolute Gasteiger partial charge is 0.493 e. The number of benzene rings is 2. The van der Waals surface area contributed by atoms with E-state index in [0.717, 1.165) is 41.3 Å². The zero-order valence-electron chi connectivity index (χ0n) is 23.1. The summed E-state index contributed by atoms with van der Waals surface area (Å²) in [7, 11) is 1.60. The molecular weight excluding hydrogens is 627 g/mol. The van der Waals surface area contributed by atoms with Crippen LogP contribution < -0.4 is 14.8 Å². The van der Waals surface area contributed by atoms with Crippen molar-refractivity contribution in [2.75, 3.05) is 19.0 Å². The van der Waals surface area contributed by atoms with Gasteiger partial charge < -0.3 is 13.9 Å². The van der Waals surface area contributed by atoms with Crippen molar-refractivity contribution in [2.24, 2.45) is 0 Å². The molecule has 43 heavy (non-hydrogen) atoms. The van der Waals surface area contributed by atoms with Crippen molar-refractivity contribution < 1.29 is 23.5 Å². The number of methoxy groups -OCH3 is 1. The second-order valence-corrected chi connectivity index (χ2v) is 13.5. The summed E-state index contributed by atoms with van der Waals surface area (Å²) in [5.74, 6) is 1.04. The summed E-state index contributed by atoms with van der Waals surface area (Å²) in [6, 6.07) is 13.1. The number of ether oxygens (including phenoxy) is 2. The molecule has 0 spiro atoms. The normalized spacial score (nSPS) is 16.8. The highest BCUT2D eigenvalue weighted by atomic mass is 32.2. The number of anilines is 1. The number of rotatable bonds is 10. The van der Waals surface area contributed by atoms with Gasteiger partial charge in [-0.2, -0.15) is 0 Å². The number of thioether (sulfide) groups is 2. The molecule has 0 bridgehead atoms. The van der Waals surface area contributed by atoms with Crippen molar-refractivity contribution in [3.63, 3.8) is 0 Å². The molecule has 2 aromatic heterocycles. The van der Waals surface area contributed by atoms with E-state index in [0.29, 0.717) is 41.8 Å².